The Bertz CT molecular complexity index is 898. The molecule has 6 nitrogen and oxygen atoms in total. The first-order valence-corrected chi connectivity index (χ1v) is 9.50. The predicted octanol–water partition coefficient (Wildman–Crippen LogP) is 2.46. The molecular weight excluding hydrogens is 342 g/mol. The van der Waals surface area contributed by atoms with Gasteiger partial charge in [0.2, 0.25) is 0 Å². The van der Waals surface area contributed by atoms with Gasteiger partial charge in [0.05, 0.1) is 5.56 Å². The molecule has 2 saturated carbocycles. The maximum absolute atomic E-state index is 13.1. The summed E-state index contributed by atoms with van der Waals surface area (Å²) in [7, 11) is 0. The molecule has 2 aromatic rings. The van der Waals surface area contributed by atoms with E-state index in [1.54, 1.807) is 4.90 Å². The van der Waals surface area contributed by atoms with E-state index < -0.39 is 5.56 Å². The van der Waals surface area contributed by atoms with Crippen LogP contribution in [0, 0.1) is 0 Å². The summed E-state index contributed by atoms with van der Waals surface area (Å²) in [4.78, 5) is 42.1. The molecule has 2 aliphatic rings. The Kier molecular flexibility index (Phi) is 4.79. The van der Waals surface area contributed by atoms with E-state index in [1.165, 1.54) is 12.3 Å². The Hall–Kier alpha value is -2.89. The van der Waals surface area contributed by atoms with E-state index in [-0.39, 0.29) is 29.5 Å². The lowest BCUT2D eigenvalue weighted by molar-refractivity contribution is 0.0728. The van der Waals surface area contributed by atoms with Crippen LogP contribution < -0.4 is 10.9 Å². The summed E-state index contributed by atoms with van der Waals surface area (Å²) in [5.74, 6) is -0.563. The minimum atomic E-state index is -0.459. The zero-order chi connectivity index (χ0) is 18.8. The van der Waals surface area contributed by atoms with Crippen LogP contribution in [-0.2, 0) is 6.54 Å². The number of aromatic nitrogens is 1. The van der Waals surface area contributed by atoms with Crippen molar-refractivity contribution in [1.29, 1.82) is 0 Å². The summed E-state index contributed by atoms with van der Waals surface area (Å²) in [5.41, 5.74) is 0.909. The number of nitrogens with one attached hydrogen (secondary N) is 2. The summed E-state index contributed by atoms with van der Waals surface area (Å²) in [5, 5.41) is 2.94. The van der Waals surface area contributed by atoms with Gasteiger partial charge in [-0.15, -0.1) is 0 Å². The van der Waals surface area contributed by atoms with Crippen molar-refractivity contribution in [2.24, 2.45) is 0 Å². The van der Waals surface area contributed by atoms with Gasteiger partial charge in [-0.05, 0) is 43.7 Å². The maximum atomic E-state index is 13.1. The number of H-pyrrole nitrogens is 1. The molecule has 1 heterocycles. The second-order valence-corrected chi connectivity index (χ2v) is 7.38. The summed E-state index contributed by atoms with van der Waals surface area (Å²) in [6.45, 7) is 0.461. The first kappa shape index (κ1) is 17.5. The molecule has 2 N–H and O–H groups in total. The van der Waals surface area contributed by atoms with Crippen LogP contribution >= 0.6 is 0 Å². The van der Waals surface area contributed by atoms with E-state index in [0.29, 0.717) is 12.1 Å². The fourth-order valence-electron chi connectivity index (χ4n) is 3.28. The van der Waals surface area contributed by atoms with Crippen LogP contribution in [0.25, 0.3) is 0 Å². The van der Waals surface area contributed by atoms with Crippen LogP contribution in [0.4, 0.5) is 0 Å². The van der Waals surface area contributed by atoms with Crippen molar-refractivity contribution in [2.45, 2.75) is 50.7 Å². The minimum Gasteiger partial charge on any atom is -0.349 e. The molecule has 2 aliphatic carbocycles. The van der Waals surface area contributed by atoms with Crippen LogP contribution in [0.15, 0.2) is 47.4 Å². The van der Waals surface area contributed by atoms with Gasteiger partial charge >= 0.3 is 0 Å². The van der Waals surface area contributed by atoms with Gasteiger partial charge < -0.3 is 15.2 Å². The smallest absolute Gasteiger partial charge is 0.260 e. The van der Waals surface area contributed by atoms with Crippen LogP contribution in [0.3, 0.4) is 0 Å². The van der Waals surface area contributed by atoms with Crippen molar-refractivity contribution in [3.63, 3.8) is 0 Å². The van der Waals surface area contributed by atoms with E-state index in [0.717, 1.165) is 37.7 Å². The molecule has 140 valence electrons. The number of amides is 2. The Balaban J connectivity index is 1.56. The average molecular weight is 365 g/mol. The summed E-state index contributed by atoms with van der Waals surface area (Å²) in [6, 6.07) is 11.5. The number of pyridine rings is 1. The molecule has 0 saturated heterocycles. The predicted molar refractivity (Wildman–Crippen MR) is 102 cm³/mol. The maximum Gasteiger partial charge on any atom is 0.260 e. The highest BCUT2D eigenvalue weighted by Gasteiger charge is 2.34. The Morgan fingerprint density at radius 1 is 1.11 bits per heavy atom. The fourth-order valence-corrected chi connectivity index (χ4v) is 3.28. The van der Waals surface area contributed by atoms with Gasteiger partial charge in [0, 0.05) is 24.8 Å². The van der Waals surface area contributed by atoms with E-state index in [2.05, 4.69) is 10.3 Å². The molecule has 0 atom stereocenters. The van der Waals surface area contributed by atoms with Gasteiger partial charge in [-0.1, -0.05) is 30.3 Å². The van der Waals surface area contributed by atoms with Crippen molar-refractivity contribution in [3.05, 3.63) is 69.6 Å². The average Bonchev–Trinajstić information content (AvgIpc) is 3.48. The molecule has 4 rings (SSSR count). The normalized spacial score (nSPS) is 16.4. The lowest BCUT2D eigenvalue weighted by atomic mass is 9.93. The first-order valence-electron chi connectivity index (χ1n) is 9.50. The Morgan fingerprint density at radius 3 is 2.48 bits per heavy atom. The van der Waals surface area contributed by atoms with Gasteiger partial charge in [-0.2, -0.15) is 0 Å². The van der Waals surface area contributed by atoms with Crippen LogP contribution in [0.5, 0.6) is 0 Å². The molecule has 0 aliphatic heterocycles. The minimum absolute atomic E-state index is 0.0269. The molecule has 0 bridgehead atoms. The van der Waals surface area contributed by atoms with Crippen molar-refractivity contribution >= 4 is 11.8 Å². The van der Waals surface area contributed by atoms with Crippen LogP contribution in [-0.4, -0.2) is 33.8 Å². The number of benzene rings is 1. The third-order valence-electron chi connectivity index (χ3n) is 5.28. The topological polar surface area (TPSA) is 82.3 Å². The Labute approximate surface area is 157 Å². The second-order valence-electron chi connectivity index (χ2n) is 7.38. The summed E-state index contributed by atoms with van der Waals surface area (Å²) < 4.78 is 0. The third-order valence-corrected chi connectivity index (χ3v) is 5.28. The monoisotopic (exact) mass is 365 g/mol. The van der Waals surface area contributed by atoms with Gasteiger partial charge in [0.25, 0.3) is 17.4 Å². The van der Waals surface area contributed by atoms with Crippen LogP contribution in [0.2, 0.25) is 0 Å². The number of carbonyl (C=O) groups excluding carboxylic acids is 2. The van der Waals surface area contributed by atoms with E-state index in [1.807, 2.05) is 30.3 Å². The molecule has 1 aromatic carbocycles. The van der Waals surface area contributed by atoms with Crippen molar-refractivity contribution < 1.29 is 9.59 Å². The summed E-state index contributed by atoms with van der Waals surface area (Å²) >= 11 is 0. The van der Waals surface area contributed by atoms with Gasteiger partial charge in [-0.25, -0.2) is 0 Å². The fraction of sp³-hybridized carbons (Fsp3) is 0.381. The molecule has 2 amide bonds. The van der Waals surface area contributed by atoms with Crippen molar-refractivity contribution in [3.8, 4) is 0 Å². The summed E-state index contributed by atoms with van der Waals surface area (Å²) in [6.07, 6.45) is 6.35. The number of nitrogens with zero attached hydrogens (tertiary/aromatic N) is 1. The zero-order valence-electron chi connectivity index (χ0n) is 15.1. The zero-order valence-corrected chi connectivity index (χ0v) is 15.1. The van der Waals surface area contributed by atoms with Crippen molar-refractivity contribution in [1.82, 2.24) is 15.2 Å². The SMILES string of the molecule is O=C(NC1CCC1)c1c[nH]c(=O)c(C(=O)N(Cc2ccccc2)C2CC2)c1. The van der Waals surface area contributed by atoms with Gasteiger partial charge in [-0.3, -0.25) is 14.4 Å². The number of hydrogen-bond acceptors (Lipinski definition) is 3. The molecule has 0 spiro atoms. The van der Waals surface area contributed by atoms with E-state index in [9.17, 15) is 14.4 Å². The quantitative estimate of drug-likeness (QED) is 0.825. The van der Waals surface area contributed by atoms with E-state index >= 15 is 0 Å². The number of rotatable bonds is 6. The molecule has 1 aromatic heterocycles. The number of aromatic amines is 1. The van der Waals surface area contributed by atoms with Crippen molar-refractivity contribution in [2.75, 3.05) is 0 Å². The standard InChI is InChI=1S/C21H23N3O3/c25-19(23-16-7-4-8-16)15-11-18(20(26)22-12-15)21(27)24(17-9-10-17)13-14-5-2-1-3-6-14/h1-3,5-6,11-12,16-17H,4,7-10,13H2,(H,22,26)(H,23,25). The molecule has 0 radical (unpaired) electrons. The lowest BCUT2D eigenvalue weighted by Crippen LogP contribution is -2.40. The number of hydrogen-bond donors (Lipinski definition) is 2. The lowest BCUT2D eigenvalue weighted by Gasteiger charge is -2.26. The first-order chi connectivity index (χ1) is 13.1. The van der Waals surface area contributed by atoms with Gasteiger partial charge in [0.1, 0.15) is 5.56 Å². The highest BCUT2D eigenvalue weighted by atomic mass is 16.2. The molecule has 27 heavy (non-hydrogen) atoms. The molecule has 6 heteroatoms. The highest BCUT2D eigenvalue weighted by Crippen LogP contribution is 2.29. The van der Waals surface area contributed by atoms with Crippen LogP contribution in [0.1, 0.15) is 58.4 Å². The highest BCUT2D eigenvalue weighted by molar-refractivity contribution is 5.99. The molecule has 2 fully saturated rings. The second kappa shape index (κ2) is 7.39. The molecular formula is C21H23N3O3. The Morgan fingerprint density at radius 2 is 1.85 bits per heavy atom. The van der Waals surface area contributed by atoms with Gasteiger partial charge in [0.15, 0.2) is 0 Å². The number of carbonyl (C=O) groups is 2. The largest absolute Gasteiger partial charge is 0.349 e. The van der Waals surface area contributed by atoms with E-state index in [4.69, 9.17) is 0 Å². The molecule has 0 unspecified atom stereocenters. The third kappa shape index (κ3) is 3.94.